The summed E-state index contributed by atoms with van der Waals surface area (Å²) in [7, 11) is 0. The molecule has 1 N–H and O–H groups in total. The molecule has 1 aliphatic rings. The third-order valence-corrected chi connectivity index (χ3v) is 4.02. The first-order valence-corrected chi connectivity index (χ1v) is 7.85. The number of likely N-dealkylation sites (tertiary alicyclic amines) is 1. The predicted octanol–water partition coefficient (Wildman–Crippen LogP) is 2.34. The molecule has 1 aliphatic heterocycles. The van der Waals surface area contributed by atoms with Crippen LogP contribution in [0.3, 0.4) is 0 Å². The Balaban J connectivity index is 1.83. The number of nitrogens with one attached hydrogen (secondary N) is 1. The second kappa shape index (κ2) is 7.98. The molecule has 0 aliphatic carbocycles. The number of carbonyl (C=O) groups excluding carboxylic acids is 1. The summed E-state index contributed by atoms with van der Waals surface area (Å²) in [5, 5.41) is 3.98. The number of carbonyl (C=O) groups is 1. The van der Waals surface area contributed by atoms with E-state index in [2.05, 4.69) is 22.3 Å². The third kappa shape index (κ3) is 4.70. The van der Waals surface area contributed by atoms with E-state index < -0.39 is 0 Å². The Morgan fingerprint density at radius 2 is 2.19 bits per heavy atom. The standard InChI is InChI=1S/C16H22N2O2S/c1-2-20-15(19)14-9-6-10-18(12-14)16(21)17-11-13-7-4-3-5-8-13/h3-5,7-8,14H,2,6,9-12H2,1H3,(H,17,21)/t14-/m0/s1. The van der Waals surface area contributed by atoms with Crippen LogP contribution < -0.4 is 5.32 Å². The molecule has 5 heteroatoms. The third-order valence-electron chi connectivity index (χ3n) is 3.62. The summed E-state index contributed by atoms with van der Waals surface area (Å²) in [6, 6.07) is 10.1. The van der Waals surface area contributed by atoms with Crippen molar-refractivity contribution in [2.45, 2.75) is 26.3 Å². The molecule has 1 saturated heterocycles. The van der Waals surface area contributed by atoms with E-state index in [9.17, 15) is 4.79 Å². The number of hydrogen-bond acceptors (Lipinski definition) is 3. The number of benzene rings is 1. The van der Waals surface area contributed by atoms with Crippen LogP contribution in [0.5, 0.6) is 0 Å². The van der Waals surface area contributed by atoms with Gasteiger partial charge in [0.15, 0.2) is 5.11 Å². The van der Waals surface area contributed by atoms with Gasteiger partial charge in [0.25, 0.3) is 0 Å². The molecule has 1 atom stereocenters. The Bertz CT molecular complexity index is 478. The molecule has 21 heavy (non-hydrogen) atoms. The topological polar surface area (TPSA) is 41.6 Å². The van der Waals surface area contributed by atoms with Crippen molar-refractivity contribution in [2.75, 3.05) is 19.7 Å². The van der Waals surface area contributed by atoms with Crippen LogP contribution in [0, 0.1) is 5.92 Å². The van der Waals surface area contributed by atoms with E-state index >= 15 is 0 Å². The molecule has 1 fully saturated rings. The van der Waals surface area contributed by atoms with Gasteiger partial charge in [-0.05, 0) is 37.5 Å². The van der Waals surface area contributed by atoms with Crippen LogP contribution in [0.1, 0.15) is 25.3 Å². The molecule has 1 aromatic rings. The number of piperidine rings is 1. The van der Waals surface area contributed by atoms with Crippen molar-refractivity contribution < 1.29 is 9.53 Å². The minimum atomic E-state index is -0.104. The number of hydrogen-bond donors (Lipinski definition) is 1. The van der Waals surface area contributed by atoms with E-state index in [0.29, 0.717) is 24.8 Å². The highest BCUT2D eigenvalue weighted by Crippen LogP contribution is 2.18. The van der Waals surface area contributed by atoms with Crippen molar-refractivity contribution in [2.24, 2.45) is 5.92 Å². The number of ether oxygens (including phenoxy) is 1. The Kier molecular flexibility index (Phi) is 5.99. The summed E-state index contributed by atoms with van der Waals surface area (Å²) in [4.78, 5) is 13.9. The summed E-state index contributed by atoms with van der Waals surface area (Å²) in [6.45, 7) is 4.53. The van der Waals surface area contributed by atoms with Gasteiger partial charge >= 0.3 is 5.97 Å². The van der Waals surface area contributed by atoms with Crippen LogP contribution in [0.15, 0.2) is 30.3 Å². The fourth-order valence-electron chi connectivity index (χ4n) is 2.50. The highest BCUT2D eigenvalue weighted by molar-refractivity contribution is 7.80. The highest BCUT2D eigenvalue weighted by Gasteiger charge is 2.27. The maximum absolute atomic E-state index is 11.8. The number of esters is 1. The van der Waals surface area contributed by atoms with Crippen molar-refractivity contribution in [1.29, 1.82) is 0 Å². The van der Waals surface area contributed by atoms with Crippen molar-refractivity contribution in [3.05, 3.63) is 35.9 Å². The lowest BCUT2D eigenvalue weighted by Crippen LogP contribution is -2.47. The lowest BCUT2D eigenvalue weighted by atomic mass is 9.98. The van der Waals surface area contributed by atoms with Crippen LogP contribution >= 0.6 is 12.2 Å². The van der Waals surface area contributed by atoms with E-state index in [-0.39, 0.29) is 11.9 Å². The van der Waals surface area contributed by atoms with E-state index in [4.69, 9.17) is 17.0 Å². The van der Waals surface area contributed by atoms with Gasteiger partial charge in [0.2, 0.25) is 0 Å². The van der Waals surface area contributed by atoms with Gasteiger partial charge in [0.1, 0.15) is 0 Å². The first-order chi connectivity index (χ1) is 10.2. The van der Waals surface area contributed by atoms with Crippen molar-refractivity contribution >= 4 is 23.3 Å². The maximum atomic E-state index is 11.8. The van der Waals surface area contributed by atoms with Crippen LogP contribution in [-0.2, 0) is 16.1 Å². The minimum Gasteiger partial charge on any atom is -0.466 e. The molecule has 0 amide bonds. The monoisotopic (exact) mass is 306 g/mol. The highest BCUT2D eigenvalue weighted by atomic mass is 32.1. The Hall–Kier alpha value is -1.62. The van der Waals surface area contributed by atoms with Crippen LogP contribution in [-0.4, -0.2) is 35.7 Å². The van der Waals surface area contributed by atoms with Crippen LogP contribution in [0.4, 0.5) is 0 Å². The van der Waals surface area contributed by atoms with Crippen LogP contribution in [0.25, 0.3) is 0 Å². The van der Waals surface area contributed by atoms with Gasteiger partial charge in [-0.1, -0.05) is 30.3 Å². The van der Waals surface area contributed by atoms with E-state index in [1.807, 2.05) is 25.1 Å². The molecule has 1 aromatic carbocycles. The van der Waals surface area contributed by atoms with Crippen molar-refractivity contribution in [3.63, 3.8) is 0 Å². The zero-order chi connectivity index (χ0) is 15.1. The van der Waals surface area contributed by atoms with Crippen molar-refractivity contribution in [1.82, 2.24) is 10.2 Å². The van der Waals surface area contributed by atoms with Gasteiger partial charge < -0.3 is 15.0 Å². The van der Waals surface area contributed by atoms with E-state index in [1.165, 1.54) is 5.56 Å². The lowest BCUT2D eigenvalue weighted by molar-refractivity contribution is -0.149. The first-order valence-electron chi connectivity index (χ1n) is 7.44. The molecule has 2 rings (SSSR count). The Labute approximate surface area is 131 Å². The quantitative estimate of drug-likeness (QED) is 0.683. The number of nitrogens with zero attached hydrogens (tertiary/aromatic N) is 1. The van der Waals surface area contributed by atoms with E-state index in [1.54, 1.807) is 0 Å². The SMILES string of the molecule is CCOC(=O)[C@H]1CCCN(C(=S)NCc2ccccc2)C1. The van der Waals surface area contributed by atoms with E-state index in [0.717, 1.165) is 19.4 Å². The molecule has 0 spiro atoms. The molecule has 0 radical (unpaired) electrons. The minimum absolute atomic E-state index is 0.0600. The second-order valence-electron chi connectivity index (χ2n) is 5.18. The Morgan fingerprint density at radius 3 is 2.90 bits per heavy atom. The smallest absolute Gasteiger partial charge is 0.310 e. The molecular weight excluding hydrogens is 284 g/mol. The maximum Gasteiger partial charge on any atom is 0.310 e. The van der Waals surface area contributed by atoms with Gasteiger partial charge in [-0.15, -0.1) is 0 Å². The first kappa shape index (κ1) is 15.8. The summed E-state index contributed by atoms with van der Waals surface area (Å²) in [5.74, 6) is -0.164. The molecule has 1 heterocycles. The lowest BCUT2D eigenvalue weighted by Gasteiger charge is -2.33. The van der Waals surface area contributed by atoms with Gasteiger partial charge in [-0.25, -0.2) is 0 Å². The van der Waals surface area contributed by atoms with Gasteiger partial charge in [0.05, 0.1) is 12.5 Å². The average molecular weight is 306 g/mol. The fraction of sp³-hybridized carbons (Fsp3) is 0.500. The number of rotatable bonds is 4. The number of thiocarbonyl (C=S) groups is 1. The summed E-state index contributed by atoms with van der Waals surface area (Å²) >= 11 is 5.44. The molecule has 0 saturated carbocycles. The zero-order valence-corrected chi connectivity index (χ0v) is 13.2. The largest absolute Gasteiger partial charge is 0.466 e. The van der Waals surface area contributed by atoms with Gasteiger partial charge in [0, 0.05) is 19.6 Å². The van der Waals surface area contributed by atoms with Gasteiger partial charge in [-0.3, -0.25) is 4.79 Å². The second-order valence-corrected chi connectivity index (χ2v) is 5.57. The predicted molar refractivity (Wildman–Crippen MR) is 86.8 cm³/mol. The summed E-state index contributed by atoms with van der Waals surface area (Å²) < 4.78 is 5.11. The van der Waals surface area contributed by atoms with Crippen LogP contribution in [0.2, 0.25) is 0 Å². The molecular formula is C16H22N2O2S. The molecule has 114 valence electrons. The summed E-state index contributed by atoms with van der Waals surface area (Å²) in [5.41, 5.74) is 1.19. The Morgan fingerprint density at radius 1 is 1.43 bits per heavy atom. The molecule has 4 nitrogen and oxygen atoms in total. The normalized spacial score (nSPS) is 18.1. The average Bonchev–Trinajstić information content (AvgIpc) is 2.54. The fourth-order valence-corrected chi connectivity index (χ4v) is 2.74. The molecule has 0 bridgehead atoms. The van der Waals surface area contributed by atoms with Gasteiger partial charge in [-0.2, -0.15) is 0 Å². The molecule has 0 unspecified atom stereocenters. The molecule has 0 aromatic heterocycles. The summed E-state index contributed by atoms with van der Waals surface area (Å²) in [6.07, 6.45) is 1.85. The zero-order valence-electron chi connectivity index (χ0n) is 12.4. The van der Waals surface area contributed by atoms with Crippen molar-refractivity contribution in [3.8, 4) is 0 Å².